The van der Waals surface area contributed by atoms with E-state index in [0.29, 0.717) is 37.2 Å². The summed E-state index contributed by atoms with van der Waals surface area (Å²) in [6.07, 6.45) is 1.23. The molecule has 166 valence electrons. The van der Waals surface area contributed by atoms with E-state index in [4.69, 9.17) is 0 Å². The van der Waals surface area contributed by atoms with Gasteiger partial charge < -0.3 is 10.2 Å². The van der Waals surface area contributed by atoms with Gasteiger partial charge in [0.15, 0.2) is 0 Å². The van der Waals surface area contributed by atoms with Crippen molar-refractivity contribution in [3.8, 4) is 5.69 Å². The molecular formula is C24H24BrFN4O2. The molecule has 0 unspecified atom stereocenters. The van der Waals surface area contributed by atoms with Gasteiger partial charge in [0.2, 0.25) is 0 Å². The highest BCUT2D eigenvalue weighted by atomic mass is 79.9. The number of carbonyl (C=O) groups is 2. The van der Waals surface area contributed by atoms with Gasteiger partial charge in [0, 0.05) is 23.6 Å². The van der Waals surface area contributed by atoms with E-state index in [9.17, 15) is 14.0 Å². The molecule has 2 amide bonds. The molecule has 8 heteroatoms. The third-order valence-electron chi connectivity index (χ3n) is 5.81. The Balaban J connectivity index is 1.41. The number of hydrogen-bond acceptors (Lipinski definition) is 3. The number of nitrogens with zero attached hydrogens (tertiary/aromatic N) is 3. The number of benzene rings is 2. The zero-order valence-electron chi connectivity index (χ0n) is 17.9. The van der Waals surface area contributed by atoms with Crippen LogP contribution in [0.1, 0.15) is 44.9 Å². The molecular weight excluding hydrogens is 475 g/mol. The second-order valence-electron chi connectivity index (χ2n) is 7.95. The van der Waals surface area contributed by atoms with E-state index in [1.54, 1.807) is 21.7 Å². The molecule has 2 aromatic carbocycles. The number of nitrogens with one attached hydrogen (secondary N) is 1. The van der Waals surface area contributed by atoms with Gasteiger partial charge in [-0.25, -0.2) is 9.07 Å². The van der Waals surface area contributed by atoms with Gasteiger partial charge in [-0.05, 0) is 63.1 Å². The fourth-order valence-corrected chi connectivity index (χ4v) is 4.36. The van der Waals surface area contributed by atoms with Crippen molar-refractivity contribution in [3.05, 3.63) is 81.3 Å². The Morgan fingerprint density at radius 2 is 1.72 bits per heavy atom. The average molecular weight is 499 g/mol. The van der Waals surface area contributed by atoms with Gasteiger partial charge in [-0.2, -0.15) is 5.10 Å². The molecule has 1 N–H and O–H groups in total. The maximum atomic E-state index is 13.9. The van der Waals surface area contributed by atoms with Crippen molar-refractivity contribution >= 4 is 27.7 Å². The van der Waals surface area contributed by atoms with Crippen LogP contribution in [0.2, 0.25) is 0 Å². The SMILES string of the molecule is Cc1nn(-c2ccc(Br)cc2)c(C)c1C(=O)NC1CCN(C(=O)c2ccccc2F)CC1. The van der Waals surface area contributed by atoms with Gasteiger partial charge in [-0.15, -0.1) is 0 Å². The van der Waals surface area contributed by atoms with Gasteiger partial charge in [0.25, 0.3) is 11.8 Å². The largest absolute Gasteiger partial charge is 0.349 e. The molecule has 4 rings (SSSR count). The normalized spacial score (nSPS) is 14.4. The maximum absolute atomic E-state index is 13.9. The number of halogens is 2. The third kappa shape index (κ3) is 4.46. The number of likely N-dealkylation sites (tertiary alicyclic amines) is 1. The summed E-state index contributed by atoms with van der Waals surface area (Å²) < 4.78 is 16.7. The molecule has 1 fully saturated rings. The van der Waals surface area contributed by atoms with Crippen molar-refractivity contribution in [1.29, 1.82) is 0 Å². The Morgan fingerprint density at radius 3 is 2.38 bits per heavy atom. The van der Waals surface area contributed by atoms with Crippen LogP contribution in [0.15, 0.2) is 53.0 Å². The smallest absolute Gasteiger partial charge is 0.256 e. The quantitative estimate of drug-likeness (QED) is 0.578. The molecule has 1 aromatic heterocycles. The summed E-state index contributed by atoms with van der Waals surface area (Å²) in [5.41, 5.74) is 2.97. The number of piperidine rings is 1. The molecule has 3 aromatic rings. The number of aromatic nitrogens is 2. The van der Waals surface area contributed by atoms with Gasteiger partial charge in [0.1, 0.15) is 5.82 Å². The highest BCUT2D eigenvalue weighted by Gasteiger charge is 2.27. The van der Waals surface area contributed by atoms with Crippen LogP contribution in [0.4, 0.5) is 4.39 Å². The minimum absolute atomic E-state index is 0.0537. The molecule has 0 radical (unpaired) electrons. The van der Waals surface area contributed by atoms with Gasteiger partial charge in [-0.1, -0.05) is 28.1 Å². The van der Waals surface area contributed by atoms with Crippen LogP contribution in [0, 0.1) is 19.7 Å². The van der Waals surface area contributed by atoms with Gasteiger partial charge in [0.05, 0.1) is 28.2 Å². The topological polar surface area (TPSA) is 67.2 Å². The summed E-state index contributed by atoms with van der Waals surface area (Å²) >= 11 is 3.43. The molecule has 0 saturated carbocycles. The first-order valence-corrected chi connectivity index (χ1v) is 11.3. The van der Waals surface area contributed by atoms with E-state index in [-0.39, 0.29) is 23.4 Å². The molecule has 0 atom stereocenters. The number of rotatable bonds is 4. The molecule has 2 heterocycles. The zero-order valence-corrected chi connectivity index (χ0v) is 19.5. The van der Waals surface area contributed by atoms with Crippen molar-refractivity contribution in [2.24, 2.45) is 0 Å². The number of hydrogen-bond donors (Lipinski definition) is 1. The standard InChI is InChI=1S/C24H24BrFN4O2/c1-15-22(16(2)30(28-15)19-9-7-17(25)8-10-19)23(31)27-18-11-13-29(14-12-18)24(32)20-5-3-4-6-21(20)26/h3-10,18H,11-14H2,1-2H3,(H,27,31). The van der Waals surface area contributed by atoms with Crippen LogP contribution in [0.3, 0.4) is 0 Å². The zero-order chi connectivity index (χ0) is 22.8. The summed E-state index contributed by atoms with van der Waals surface area (Å²) in [7, 11) is 0. The van der Waals surface area contributed by atoms with E-state index >= 15 is 0 Å². The Hall–Kier alpha value is -3.00. The van der Waals surface area contributed by atoms with Crippen LogP contribution in [-0.2, 0) is 0 Å². The Morgan fingerprint density at radius 1 is 1.06 bits per heavy atom. The first kappa shape index (κ1) is 22.2. The maximum Gasteiger partial charge on any atom is 0.256 e. The second kappa shape index (κ2) is 9.24. The van der Waals surface area contributed by atoms with Crippen LogP contribution < -0.4 is 5.32 Å². The first-order chi connectivity index (χ1) is 15.3. The lowest BCUT2D eigenvalue weighted by Gasteiger charge is -2.32. The van der Waals surface area contributed by atoms with E-state index in [0.717, 1.165) is 15.9 Å². The Kier molecular flexibility index (Phi) is 6.41. The molecule has 6 nitrogen and oxygen atoms in total. The molecule has 1 saturated heterocycles. The third-order valence-corrected chi connectivity index (χ3v) is 6.34. The van der Waals surface area contributed by atoms with Crippen LogP contribution in [0.5, 0.6) is 0 Å². The summed E-state index contributed by atoms with van der Waals surface area (Å²) in [4.78, 5) is 27.3. The highest BCUT2D eigenvalue weighted by molar-refractivity contribution is 9.10. The highest BCUT2D eigenvalue weighted by Crippen LogP contribution is 2.21. The lowest BCUT2D eigenvalue weighted by molar-refractivity contribution is 0.0693. The van der Waals surface area contributed by atoms with E-state index in [2.05, 4.69) is 26.3 Å². The van der Waals surface area contributed by atoms with Gasteiger partial charge in [-0.3, -0.25) is 9.59 Å². The molecule has 1 aliphatic rings. The Bertz CT molecular complexity index is 1150. The minimum atomic E-state index is -0.512. The van der Waals surface area contributed by atoms with E-state index in [1.165, 1.54) is 12.1 Å². The van der Waals surface area contributed by atoms with Crippen molar-refractivity contribution in [3.63, 3.8) is 0 Å². The molecule has 32 heavy (non-hydrogen) atoms. The Labute approximate surface area is 194 Å². The predicted molar refractivity (Wildman–Crippen MR) is 124 cm³/mol. The lowest BCUT2D eigenvalue weighted by atomic mass is 10.0. The molecule has 0 bridgehead atoms. The van der Waals surface area contributed by atoms with Gasteiger partial charge >= 0.3 is 0 Å². The summed E-state index contributed by atoms with van der Waals surface area (Å²) in [6, 6.07) is 13.7. The summed E-state index contributed by atoms with van der Waals surface area (Å²) in [5, 5.41) is 7.64. The van der Waals surface area contributed by atoms with E-state index < -0.39 is 5.82 Å². The van der Waals surface area contributed by atoms with Crippen LogP contribution >= 0.6 is 15.9 Å². The fourth-order valence-electron chi connectivity index (χ4n) is 4.09. The van der Waals surface area contributed by atoms with Crippen LogP contribution in [-0.4, -0.2) is 45.6 Å². The summed E-state index contributed by atoms with van der Waals surface area (Å²) in [6.45, 7) is 4.64. The second-order valence-corrected chi connectivity index (χ2v) is 8.87. The van der Waals surface area contributed by atoms with Crippen molar-refractivity contribution in [1.82, 2.24) is 20.0 Å². The van der Waals surface area contributed by atoms with Crippen LogP contribution in [0.25, 0.3) is 5.69 Å². The average Bonchev–Trinajstić information content (AvgIpc) is 3.08. The number of carbonyl (C=O) groups excluding carboxylic acids is 2. The van der Waals surface area contributed by atoms with Crippen molar-refractivity contribution in [2.45, 2.75) is 32.7 Å². The van der Waals surface area contributed by atoms with Crippen molar-refractivity contribution < 1.29 is 14.0 Å². The number of aryl methyl sites for hydroxylation is 1. The van der Waals surface area contributed by atoms with Crippen molar-refractivity contribution in [2.75, 3.05) is 13.1 Å². The summed E-state index contributed by atoms with van der Waals surface area (Å²) in [5.74, 6) is -0.987. The minimum Gasteiger partial charge on any atom is -0.349 e. The molecule has 0 aliphatic carbocycles. The molecule has 0 spiro atoms. The predicted octanol–water partition coefficient (Wildman–Crippen LogP) is 4.43. The first-order valence-electron chi connectivity index (χ1n) is 10.5. The van der Waals surface area contributed by atoms with E-state index in [1.807, 2.05) is 38.1 Å². The fraction of sp³-hybridized carbons (Fsp3) is 0.292. The monoisotopic (exact) mass is 498 g/mol. The molecule has 1 aliphatic heterocycles. The lowest BCUT2D eigenvalue weighted by Crippen LogP contribution is -2.46. The number of amides is 2.